The molecule has 0 atom stereocenters. The van der Waals surface area contributed by atoms with E-state index in [9.17, 15) is 4.79 Å². The molecule has 0 unspecified atom stereocenters. The van der Waals surface area contributed by atoms with Crippen molar-refractivity contribution in [1.82, 2.24) is 4.98 Å². The number of aromatic nitrogens is 1. The topological polar surface area (TPSA) is 62.2 Å². The number of hydrogen-bond acceptors (Lipinski definition) is 4. The Hall–Kier alpha value is -2.16. The summed E-state index contributed by atoms with van der Waals surface area (Å²) in [5, 5.41) is 13.3. The molecule has 1 amide bonds. The molecule has 0 spiro atoms. The highest BCUT2D eigenvalue weighted by molar-refractivity contribution is 7.12. The zero-order valence-corrected chi connectivity index (χ0v) is 11.8. The number of carbonyl (C=O) groups excluding carboxylic acids is 1. The normalized spacial score (nSPS) is 9.70. The van der Waals surface area contributed by atoms with Crippen molar-refractivity contribution >= 4 is 23.1 Å². The van der Waals surface area contributed by atoms with Gasteiger partial charge in [-0.1, -0.05) is 11.8 Å². The summed E-state index contributed by atoms with van der Waals surface area (Å²) >= 11 is 1.40. The summed E-state index contributed by atoms with van der Waals surface area (Å²) in [4.78, 5) is 16.8. The second kappa shape index (κ2) is 6.85. The van der Waals surface area contributed by atoms with E-state index in [0.717, 1.165) is 11.1 Å². The Kier molecular flexibility index (Phi) is 4.88. The first kappa shape index (κ1) is 14.3. The Labute approximate surface area is 121 Å². The van der Waals surface area contributed by atoms with E-state index in [1.165, 1.54) is 11.3 Å². The number of amides is 1. The maximum absolute atomic E-state index is 12.1. The number of pyridine rings is 1. The van der Waals surface area contributed by atoms with E-state index in [1.54, 1.807) is 18.3 Å². The van der Waals surface area contributed by atoms with Crippen LogP contribution in [-0.4, -0.2) is 22.6 Å². The predicted molar refractivity (Wildman–Crippen MR) is 79.8 cm³/mol. The summed E-state index contributed by atoms with van der Waals surface area (Å²) in [5.74, 6) is 6.05. The smallest absolute Gasteiger partial charge is 0.267 e. The molecule has 5 heteroatoms. The molecule has 2 aromatic heterocycles. The van der Waals surface area contributed by atoms with Gasteiger partial charge in [-0.2, -0.15) is 0 Å². The number of rotatable bonds is 3. The summed E-state index contributed by atoms with van der Waals surface area (Å²) in [6, 6.07) is 5.38. The highest BCUT2D eigenvalue weighted by Crippen LogP contribution is 2.17. The third-order valence-electron chi connectivity index (χ3n) is 2.54. The summed E-state index contributed by atoms with van der Waals surface area (Å²) < 4.78 is 0. The third-order valence-corrected chi connectivity index (χ3v) is 3.55. The Morgan fingerprint density at radius 1 is 1.50 bits per heavy atom. The van der Waals surface area contributed by atoms with Gasteiger partial charge in [-0.05, 0) is 36.1 Å². The van der Waals surface area contributed by atoms with Gasteiger partial charge in [-0.25, -0.2) is 4.98 Å². The molecule has 0 saturated carbocycles. The molecule has 20 heavy (non-hydrogen) atoms. The number of carbonyl (C=O) groups is 1. The van der Waals surface area contributed by atoms with Crippen molar-refractivity contribution < 1.29 is 9.90 Å². The van der Waals surface area contributed by atoms with Crippen LogP contribution in [0.5, 0.6) is 0 Å². The van der Waals surface area contributed by atoms with Crippen molar-refractivity contribution in [2.75, 3.05) is 11.9 Å². The van der Waals surface area contributed by atoms with Gasteiger partial charge in [0.15, 0.2) is 0 Å². The summed E-state index contributed by atoms with van der Waals surface area (Å²) in [6.07, 6.45) is 2.03. The first-order valence-electron chi connectivity index (χ1n) is 6.12. The Balaban J connectivity index is 2.11. The van der Waals surface area contributed by atoms with Crippen molar-refractivity contribution in [2.45, 2.75) is 13.3 Å². The van der Waals surface area contributed by atoms with Gasteiger partial charge in [0.2, 0.25) is 0 Å². The summed E-state index contributed by atoms with van der Waals surface area (Å²) in [5.41, 5.74) is 1.71. The van der Waals surface area contributed by atoms with Crippen molar-refractivity contribution in [3.8, 4) is 11.8 Å². The van der Waals surface area contributed by atoms with Crippen molar-refractivity contribution in [2.24, 2.45) is 0 Å². The Morgan fingerprint density at radius 2 is 2.35 bits per heavy atom. The number of aliphatic hydroxyl groups is 1. The molecule has 2 rings (SSSR count). The van der Waals surface area contributed by atoms with Crippen molar-refractivity contribution in [1.29, 1.82) is 0 Å². The highest BCUT2D eigenvalue weighted by atomic mass is 32.1. The molecule has 0 aromatic carbocycles. The fourth-order valence-corrected chi connectivity index (χ4v) is 2.40. The molecule has 102 valence electrons. The van der Waals surface area contributed by atoms with E-state index < -0.39 is 0 Å². The first-order chi connectivity index (χ1) is 9.70. The zero-order valence-electron chi connectivity index (χ0n) is 11.0. The lowest BCUT2D eigenvalue weighted by molar-refractivity contribution is 0.102. The average Bonchev–Trinajstić information content (AvgIpc) is 2.86. The molecule has 0 aliphatic rings. The standard InChI is InChI=1S/C15H14N2O2S/c1-11-6-9-20-14(11)15(19)17-13-10-12(5-7-16-13)4-2-3-8-18/h5-7,9-10,18H,3,8H2,1H3,(H,16,17,19). The zero-order chi connectivity index (χ0) is 14.4. The van der Waals surface area contributed by atoms with Crippen LogP contribution in [0.3, 0.4) is 0 Å². The SMILES string of the molecule is Cc1ccsc1C(=O)Nc1cc(C#CCCO)ccn1. The maximum atomic E-state index is 12.1. The molecule has 2 N–H and O–H groups in total. The van der Waals surface area contributed by atoms with E-state index in [-0.39, 0.29) is 12.5 Å². The second-order valence-electron chi connectivity index (χ2n) is 4.09. The van der Waals surface area contributed by atoms with E-state index in [4.69, 9.17) is 5.11 Å². The molecule has 0 bridgehead atoms. The van der Waals surface area contributed by atoms with Crippen molar-refractivity contribution in [3.63, 3.8) is 0 Å². The van der Waals surface area contributed by atoms with E-state index >= 15 is 0 Å². The van der Waals surface area contributed by atoms with Crippen LogP contribution in [0.25, 0.3) is 0 Å². The van der Waals surface area contributed by atoms with Crippen LogP contribution in [0.1, 0.15) is 27.2 Å². The lowest BCUT2D eigenvalue weighted by atomic mass is 10.2. The number of nitrogens with zero attached hydrogens (tertiary/aromatic N) is 1. The van der Waals surface area contributed by atoms with Gasteiger partial charge in [0.25, 0.3) is 5.91 Å². The molecule has 4 nitrogen and oxygen atoms in total. The summed E-state index contributed by atoms with van der Waals surface area (Å²) in [6.45, 7) is 1.94. The Bertz CT molecular complexity index is 668. The fourth-order valence-electron chi connectivity index (χ4n) is 1.58. The predicted octanol–water partition coefficient (Wildman–Crippen LogP) is 2.44. The number of hydrogen-bond donors (Lipinski definition) is 2. The summed E-state index contributed by atoms with van der Waals surface area (Å²) in [7, 11) is 0. The van der Waals surface area contributed by atoms with Crippen LogP contribution >= 0.6 is 11.3 Å². The largest absolute Gasteiger partial charge is 0.395 e. The van der Waals surface area contributed by atoms with Gasteiger partial charge in [-0.3, -0.25) is 4.79 Å². The van der Waals surface area contributed by atoms with Gasteiger partial charge >= 0.3 is 0 Å². The van der Waals surface area contributed by atoms with E-state index in [1.807, 2.05) is 18.4 Å². The molecule has 2 heterocycles. The third kappa shape index (κ3) is 3.67. The molecule has 0 aliphatic carbocycles. The van der Waals surface area contributed by atoms with Gasteiger partial charge in [0.1, 0.15) is 5.82 Å². The van der Waals surface area contributed by atoms with Gasteiger partial charge < -0.3 is 10.4 Å². The van der Waals surface area contributed by atoms with Crippen LogP contribution in [0.15, 0.2) is 29.8 Å². The van der Waals surface area contributed by atoms with Crippen LogP contribution in [0.4, 0.5) is 5.82 Å². The minimum Gasteiger partial charge on any atom is -0.395 e. The molecular weight excluding hydrogens is 272 g/mol. The number of nitrogens with one attached hydrogen (secondary N) is 1. The average molecular weight is 286 g/mol. The van der Waals surface area contributed by atoms with Gasteiger partial charge in [0, 0.05) is 18.2 Å². The Morgan fingerprint density at radius 3 is 3.05 bits per heavy atom. The fraction of sp³-hybridized carbons (Fsp3) is 0.200. The quantitative estimate of drug-likeness (QED) is 0.852. The van der Waals surface area contributed by atoms with Crippen LogP contribution < -0.4 is 5.32 Å². The second-order valence-corrected chi connectivity index (χ2v) is 5.01. The molecule has 0 saturated heterocycles. The number of thiophene rings is 1. The minimum absolute atomic E-state index is 0.0410. The molecular formula is C15H14N2O2S. The lowest BCUT2D eigenvalue weighted by Crippen LogP contribution is -2.12. The lowest BCUT2D eigenvalue weighted by Gasteiger charge is -2.03. The number of aliphatic hydroxyl groups excluding tert-OH is 1. The van der Waals surface area contributed by atoms with Gasteiger partial charge in [-0.15, -0.1) is 11.3 Å². The number of anilines is 1. The van der Waals surface area contributed by atoms with E-state index in [2.05, 4.69) is 22.1 Å². The van der Waals surface area contributed by atoms with Crippen molar-refractivity contribution in [3.05, 3.63) is 45.8 Å². The van der Waals surface area contributed by atoms with E-state index in [0.29, 0.717) is 17.1 Å². The maximum Gasteiger partial charge on any atom is 0.267 e. The molecule has 2 aromatic rings. The monoisotopic (exact) mass is 286 g/mol. The van der Waals surface area contributed by atoms with Crippen LogP contribution in [-0.2, 0) is 0 Å². The highest BCUT2D eigenvalue weighted by Gasteiger charge is 2.11. The minimum atomic E-state index is -0.162. The molecule has 0 radical (unpaired) electrons. The molecule has 0 aliphatic heterocycles. The van der Waals surface area contributed by atoms with Crippen LogP contribution in [0.2, 0.25) is 0 Å². The molecule has 0 fully saturated rings. The van der Waals surface area contributed by atoms with Crippen LogP contribution in [0, 0.1) is 18.8 Å². The first-order valence-corrected chi connectivity index (χ1v) is 7.00. The number of aryl methyl sites for hydroxylation is 1. The van der Waals surface area contributed by atoms with Gasteiger partial charge in [0.05, 0.1) is 11.5 Å².